The Balaban J connectivity index is 1.76. The van der Waals surface area contributed by atoms with Crippen LogP contribution < -0.4 is 10.1 Å². The fraction of sp³-hybridized carbons (Fsp3) is 0.235. The third-order valence-electron chi connectivity index (χ3n) is 4.04. The summed E-state index contributed by atoms with van der Waals surface area (Å²) in [6, 6.07) is 5.59. The maximum atomic E-state index is 12.5. The topological polar surface area (TPSA) is 117 Å². The number of methoxy groups -OCH3 is 1. The van der Waals surface area contributed by atoms with E-state index in [9.17, 15) is 14.9 Å². The van der Waals surface area contributed by atoms with Crippen molar-refractivity contribution in [1.82, 2.24) is 19.6 Å². The lowest BCUT2D eigenvalue weighted by Crippen LogP contribution is -2.16. The zero-order valence-electron chi connectivity index (χ0n) is 15.3. The molecule has 0 saturated carbocycles. The number of halogens is 1. The Hall–Kier alpha value is -3.21. The second-order valence-electron chi connectivity index (χ2n) is 6.00. The molecule has 0 saturated heterocycles. The van der Waals surface area contributed by atoms with E-state index in [0.29, 0.717) is 6.67 Å². The van der Waals surface area contributed by atoms with Crippen molar-refractivity contribution < 1.29 is 14.5 Å². The average molecular weight is 449 g/mol. The van der Waals surface area contributed by atoms with Gasteiger partial charge in [-0.25, -0.2) is 4.68 Å². The van der Waals surface area contributed by atoms with Crippen molar-refractivity contribution in [2.24, 2.45) is 0 Å². The van der Waals surface area contributed by atoms with Gasteiger partial charge in [0.1, 0.15) is 12.4 Å². The molecule has 10 nitrogen and oxygen atoms in total. The predicted octanol–water partition coefficient (Wildman–Crippen LogP) is 3.13. The highest BCUT2D eigenvalue weighted by atomic mass is 79.9. The fourth-order valence-electron chi connectivity index (χ4n) is 2.59. The number of amides is 1. The van der Waals surface area contributed by atoms with E-state index >= 15 is 0 Å². The van der Waals surface area contributed by atoms with Crippen molar-refractivity contribution >= 4 is 33.2 Å². The van der Waals surface area contributed by atoms with Gasteiger partial charge in [0.25, 0.3) is 11.6 Å². The van der Waals surface area contributed by atoms with Crippen LogP contribution in [0.15, 0.2) is 34.9 Å². The number of carbonyl (C=O) groups is 1. The summed E-state index contributed by atoms with van der Waals surface area (Å²) in [5, 5.41) is 22.3. The van der Waals surface area contributed by atoms with Crippen molar-refractivity contribution in [1.29, 1.82) is 0 Å². The van der Waals surface area contributed by atoms with E-state index in [4.69, 9.17) is 4.74 Å². The van der Waals surface area contributed by atoms with Crippen molar-refractivity contribution in [3.8, 4) is 5.75 Å². The smallest absolute Gasteiger partial charge is 0.276 e. The summed E-state index contributed by atoms with van der Waals surface area (Å²) in [5.74, 6) is -0.221. The Morgan fingerprint density at radius 3 is 2.68 bits per heavy atom. The monoisotopic (exact) mass is 448 g/mol. The fourth-order valence-corrected chi connectivity index (χ4v) is 2.87. The number of nitro benzene ring substituents is 1. The number of ether oxygens (including phenoxy) is 1. The molecule has 1 amide bonds. The minimum Gasteiger partial charge on any atom is -0.496 e. The Bertz CT molecular complexity index is 1060. The highest BCUT2D eigenvalue weighted by molar-refractivity contribution is 9.10. The van der Waals surface area contributed by atoms with Gasteiger partial charge >= 0.3 is 0 Å². The molecule has 0 fully saturated rings. The zero-order valence-corrected chi connectivity index (χ0v) is 16.9. The number of nitrogens with zero attached hydrogens (tertiary/aromatic N) is 5. The van der Waals surface area contributed by atoms with E-state index in [0.717, 1.165) is 15.9 Å². The second kappa shape index (κ2) is 7.80. The van der Waals surface area contributed by atoms with Crippen LogP contribution in [-0.2, 0) is 6.67 Å². The molecule has 0 atom stereocenters. The molecular formula is C17H17BrN6O4. The highest BCUT2D eigenvalue weighted by Crippen LogP contribution is 2.26. The minimum atomic E-state index is -0.556. The molecule has 0 unspecified atom stereocenters. The van der Waals surface area contributed by atoms with Crippen molar-refractivity contribution in [3.63, 3.8) is 0 Å². The molecule has 0 spiro atoms. The standard InChI is InChI=1S/C17H17BrN6O4/c1-10-16(18)11(2)23(20-10)9-22-5-4-15(21-22)17(25)19-12-6-13(24(26)27)8-14(7-12)28-3/h4-8H,9H2,1-3H3,(H,19,25). The predicted molar refractivity (Wildman–Crippen MR) is 105 cm³/mol. The number of benzene rings is 1. The van der Waals surface area contributed by atoms with Gasteiger partial charge in [0, 0.05) is 18.3 Å². The quantitative estimate of drug-likeness (QED) is 0.457. The van der Waals surface area contributed by atoms with Crippen molar-refractivity contribution in [3.05, 3.63) is 62.1 Å². The summed E-state index contributed by atoms with van der Waals surface area (Å²) in [4.78, 5) is 22.9. The lowest BCUT2D eigenvalue weighted by molar-refractivity contribution is -0.384. The molecule has 1 N–H and O–H groups in total. The normalized spacial score (nSPS) is 10.7. The van der Waals surface area contributed by atoms with Gasteiger partial charge in [-0.15, -0.1) is 0 Å². The zero-order chi connectivity index (χ0) is 20.4. The Kier molecular flexibility index (Phi) is 5.45. The lowest BCUT2D eigenvalue weighted by Gasteiger charge is -2.07. The summed E-state index contributed by atoms with van der Waals surface area (Å²) in [5.41, 5.74) is 2.04. The molecule has 28 heavy (non-hydrogen) atoms. The van der Waals surface area contributed by atoms with Crippen molar-refractivity contribution in [2.45, 2.75) is 20.5 Å². The Morgan fingerprint density at radius 2 is 2.07 bits per heavy atom. The molecule has 11 heteroatoms. The van der Waals surface area contributed by atoms with Crippen molar-refractivity contribution in [2.75, 3.05) is 12.4 Å². The van der Waals surface area contributed by atoms with E-state index in [1.165, 1.54) is 25.3 Å². The second-order valence-corrected chi connectivity index (χ2v) is 6.79. The van der Waals surface area contributed by atoms with Crippen LogP contribution in [0.25, 0.3) is 0 Å². The van der Waals surface area contributed by atoms with E-state index in [1.54, 1.807) is 21.6 Å². The summed E-state index contributed by atoms with van der Waals surface area (Å²) in [7, 11) is 1.39. The van der Waals surface area contributed by atoms with Gasteiger partial charge in [0.05, 0.1) is 39.6 Å². The number of anilines is 1. The molecule has 0 aliphatic heterocycles. The van der Waals surface area contributed by atoms with Gasteiger partial charge in [-0.2, -0.15) is 10.2 Å². The van der Waals surface area contributed by atoms with Gasteiger partial charge in [-0.05, 0) is 35.8 Å². The number of hydrogen-bond donors (Lipinski definition) is 1. The number of non-ortho nitro benzene ring substituents is 1. The van der Waals surface area contributed by atoms with Crippen LogP contribution in [0.3, 0.4) is 0 Å². The third kappa shape index (κ3) is 4.03. The Labute approximate surface area is 168 Å². The molecule has 0 aliphatic rings. The molecule has 0 aliphatic carbocycles. The number of nitrogens with one attached hydrogen (secondary N) is 1. The highest BCUT2D eigenvalue weighted by Gasteiger charge is 2.15. The number of aromatic nitrogens is 4. The van der Waals surface area contributed by atoms with Crippen LogP contribution in [-0.4, -0.2) is 37.5 Å². The van der Waals surface area contributed by atoms with Gasteiger partial charge < -0.3 is 10.1 Å². The summed E-state index contributed by atoms with van der Waals surface area (Å²) in [6.07, 6.45) is 1.66. The van der Waals surface area contributed by atoms with Crippen LogP contribution in [0.5, 0.6) is 5.75 Å². The molecule has 0 radical (unpaired) electrons. The number of carbonyl (C=O) groups excluding carboxylic acids is 1. The molecule has 3 aromatic rings. The van der Waals surface area contributed by atoms with Gasteiger partial charge in [-0.3, -0.25) is 19.6 Å². The van der Waals surface area contributed by atoms with E-state index in [1.807, 2.05) is 13.8 Å². The summed E-state index contributed by atoms with van der Waals surface area (Å²) < 4.78 is 9.31. The largest absolute Gasteiger partial charge is 0.496 e. The first-order valence-electron chi connectivity index (χ1n) is 8.16. The third-order valence-corrected chi connectivity index (χ3v) is 5.19. The molecule has 2 aromatic heterocycles. The molecule has 146 valence electrons. The lowest BCUT2D eigenvalue weighted by atomic mass is 10.2. The number of rotatable bonds is 6. The van der Waals surface area contributed by atoms with Crippen LogP contribution >= 0.6 is 15.9 Å². The van der Waals surface area contributed by atoms with Crippen LogP contribution in [0, 0.1) is 24.0 Å². The first-order valence-corrected chi connectivity index (χ1v) is 8.95. The first kappa shape index (κ1) is 19.5. The van der Waals surface area contributed by atoms with Gasteiger partial charge in [0.2, 0.25) is 0 Å². The maximum Gasteiger partial charge on any atom is 0.276 e. The summed E-state index contributed by atoms with van der Waals surface area (Å²) in [6.45, 7) is 4.16. The van der Waals surface area contributed by atoms with Gasteiger partial charge in [-0.1, -0.05) is 0 Å². The molecule has 0 bridgehead atoms. The maximum absolute atomic E-state index is 12.5. The van der Waals surface area contributed by atoms with Gasteiger partial charge in [0.15, 0.2) is 5.69 Å². The molecule has 2 heterocycles. The SMILES string of the molecule is COc1cc(NC(=O)c2ccn(Cn3nc(C)c(Br)c3C)n2)cc([N+](=O)[O-])c1. The minimum absolute atomic E-state index is 0.172. The van der Waals surface area contributed by atoms with Crippen LogP contribution in [0.2, 0.25) is 0 Å². The molecular weight excluding hydrogens is 432 g/mol. The van der Waals surface area contributed by atoms with Crippen LogP contribution in [0.4, 0.5) is 11.4 Å². The number of aryl methyl sites for hydroxylation is 1. The Morgan fingerprint density at radius 1 is 1.32 bits per heavy atom. The molecule has 1 aromatic carbocycles. The van der Waals surface area contributed by atoms with Crippen LogP contribution in [0.1, 0.15) is 21.9 Å². The molecule has 3 rings (SSSR count). The first-order chi connectivity index (χ1) is 13.3. The average Bonchev–Trinajstić information content (AvgIpc) is 3.22. The van der Waals surface area contributed by atoms with E-state index in [-0.39, 0.29) is 22.8 Å². The number of hydrogen-bond acceptors (Lipinski definition) is 6. The van der Waals surface area contributed by atoms with E-state index < -0.39 is 10.8 Å². The number of nitro groups is 1. The summed E-state index contributed by atoms with van der Waals surface area (Å²) >= 11 is 3.47. The van der Waals surface area contributed by atoms with E-state index in [2.05, 4.69) is 31.4 Å².